The molecule has 2 heterocycles. The predicted molar refractivity (Wildman–Crippen MR) is 71.4 cm³/mol. The molecule has 0 saturated carbocycles. The number of aryl methyl sites for hydroxylation is 1. The van der Waals surface area contributed by atoms with Gasteiger partial charge in [-0.05, 0) is 6.92 Å². The Morgan fingerprint density at radius 3 is 2.81 bits per heavy atom. The lowest BCUT2D eigenvalue weighted by atomic mass is 10.2. The summed E-state index contributed by atoms with van der Waals surface area (Å²) >= 11 is 0. The van der Waals surface area contributed by atoms with Crippen LogP contribution in [0.5, 0.6) is 0 Å². The molecule has 1 fully saturated rings. The van der Waals surface area contributed by atoms with E-state index in [1.54, 1.807) is 0 Å². The summed E-state index contributed by atoms with van der Waals surface area (Å²) in [5, 5.41) is 9.85. The first-order valence-corrected chi connectivity index (χ1v) is 7.99. The fraction of sp³-hybridized carbons (Fsp3) is 0.636. The average molecular weight is 320 g/mol. The zero-order chi connectivity index (χ0) is 15.8. The Balaban J connectivity index is 2.16. The van der Waals surface area contributed by atoms with Crippen LogP contribution < -0.4 is 11.2 Å². The molecular formula is C11H16N2O7S. The van der Waals surface area contributed by atoms with Crippen LogP contribution in [-0.2, 0) is 19.0 Å². The van der Waals surface area contributed by atoms with Crippen LogP contribution in [0.2, 0.25) is 0 Å². The predicted octanol–water partition coefficient (Wildman–Crippen LogP) is -1.53. The largest absolute Gasteiger partial charge is 0.390 e. The molecule has 1 aromatic rings. The van der Waals surface area contributed by atoms with Crippen molar-refractivity contribution in [2.45, 2.75) is 31.8 Å². The van der Waals surface area contributed by atoms with Crippen molar-refractivity contribution in [1.82, 2.24) is 9.55 Å². The van der Waals surface area contributed by atoms with Gasteiger partial charge in [0.05, 0.1) is 19.0 Å². The molecule has 1 aromatic heterocycles. The fourth-order valence-electron chi connectivity index (χ4n) is 2.03. The zero-order valence-electron chi connectivity index (χ0n) is 11.5. The van der Waals surface area contributed by atoms with Gasteiger partial charge in [0.15, 0.2) is 0 Å². The zero-order valence-corrected chi connectivity index (χ0v) is 12.3. The lowest BCUT2D eigenvalue weighted by Crippen LogP contribution is -2.33. The molecule has 1 aliphatic heterocycles. The Morgan fingerprint density at radius 1 is 1.52 bits per heavy atom. The number of aromatic nitrogens is 2. The van der Waals surface area contributed by atoms with Gasteiger partial charge in [-0.2, -0.15) is 8.42 Å². The number of nitrogens with one attached hydrogen (secondary N) is 1. The summed E-state index contributed by atoms with van der Waals surface area (Å²) in [4.78, 5) is 25.2. The quantitative estimate of drug-likeness (QED) is 0.644. The molecule has 1 saturated heterocycles. The summed E-state index contributed by atoms with van der Waals surface area (Å²) in [6.07, 6.45) is -0.334. The minimum Gasteiger partial charge on any atom is -0.390 e. The van der Waals surface area contributed by atoms with Crippen LogP contribution in [0.1, 0.15) is 18.2 Å². The fourth-order valence-corrected chi connectivity index (χ4v) is 2.41. The van der Waals surface area contributed by atoms with Crippen LogP contribution in [0.15, 0.2) is 15.8 Å². The normalized spacial score (nSPS) is 26.1. The second kappa shape index (κ2) is 5.72. The molecule has 2 rings (SSSR count). The highest BCUT2D eigenvalue weighted by Gasteiger charge is 2.36. The second-order valence-corrected chi connectivity index (χ2v) is 6.54. The van der Waals surface area contributed by atoms with Crippen LogP contribution >= 0.6 is 0 Å². The number of aliphatic hydroxyl groups excluding tert-OH is 1. The minimum absolute atomic E-state index is 0.0865. The maximum Gasteiger partial charge on any atom is 0.330 e. The summed E-state index contributed by atoms with van der Waals surface area (Å²) < 4.78 is 33.0. The summed E-state index contributed by atoms with van der Waals surface area (Å²) in [5.74, 6) is 0. The molecule has 2 N–H and O–H groups in total. The third-order valence-electron chi connectivity index (χ3n) is 3.11. The number of ether oxygens (including phenoxy) is 1. The maximum absolute atomic E-state index is 11.7. The Bertz CT molecular complexity index is 736. The third-order valence-corrected chi connectivity index (χ3v) is 3.67. The summed E-state index contributed by atoms with van der Waals surface area (Å²) in [5.41, 5.74) is -0.831. The van der Waals surface area contributed by atoms with Crippen molar-refractivity contribution in [3.05, 3.63) is 32.6 Å². The highest BCUT2D eigenvalue weighted by atomic mass is 32.2. The number of aromatic amines is 1. The van der Waals surface area contributed by atoms with Crippen LogP contribution in [0, 0.1) is 6.92 Å². The number of nitrogens with zero attached hydrogens (tertiary/aromatic N) is 1. The number of hydrogen-bond donors (Lipinski definition) is 2. The summed E-state index contributed by atoms with van der Waals surface area (Å²) in [6.45, 7) is 1.19. The molecule has 118 valence electrons. The lowest BCUT2D eigenvalue weighted by molar-refractivity contribution is -0.0398. The van der Waals surface area contributed by atoms with E-state index in [-0.39, 0.29) is 13.0 Å². The Hall–Kier alpha value is -1.49. The summed E-state index contributed by atoms with van der Waals surface area (Å²) in [7, 11) is -3.64. The molecule has 0 aromatic carbocycles. The van der Waals surface area contributed by atoms with Crippen molar-refractivity contribution in [1.29, 1.82) is 0 Å². The lowest BCUT2D eigenvalue weighted by Gasteiger charge is -2.15. The Morgan fingerprint density at radius 2 is 2.19 bits per heavy atom. The number of rotatable bonds is 4. The third kappa shape index (κ3) is 3.79. The molecule has 1 aliphatic rings. The van der Waals surface area contributed by atoms with Crippen LogP contribution in [0.25, 0.3) is 0 Å². The molecule has 3 atom stereocenters. The van der Waals surface area contributed by atoms with Crippen molar-refractivity contribution in [3.63, 3.8) is 0 Å². The molecule has 0 amide bonds. The molecule has 0 radical (unpaired) electrons. The van der Waals surface area contributed by atoms with Gasteiger partial charge in [0.2, 0.25) is 0 Å². The SMILES string of the molecule is Cc1cn([C@H]2CC(O)[C@@H](COS(C)(=O)=O)O2)c(=O)[nH]c1=O. The van der Waals surface area contributed by atoms with E-state index < -0.39 is 39.8 Å². The van der Waals surface area contributed by atoms with Crippen molar-refractivity contribution >= 4 is 10.1 Å². The Labute approximate surface area is 120 Å². The van der Waals surface area contributed by atoms with Gasteiger partial charge in [-0.15, -0.1) is 0 Å². The van der Waals surface area contributed by atoms with E-state index in [9.17, 15) is 23.1 Å². The van der Waals surface area contributed by atoms with E-state index in [2.05, 4.69) is 9.17 Å². The molecule has 0 bridgehead atoms. The van der Waals surface area contributed by atoms with E-state index in [4.69, 9.17) is 4.74 Å². The Kier molecular flexibility index (Phi) is 4.33. The van der Waals surface area contributed by atoms with Gasteiger partial charge in [0.1, 0.15) is 12.3 Å². The summed E-state index contributed by atoms with van der Waals surface area (Å²) in [6, 6.07) is 0. The first-order chi connectivity index (χ1) is 9.67. The first-order valence-electron chi connectivity index (χ1n) is 6.17. The monoisotopic (exact) mass is 320 g/mol. The molecule has 10 heteroatoms. The van der Waals surface area contributed by atoms with Crippen molar-refractivity contribution in [2.75, 3.05) is 12.9 Å². The van der Waals surface area contributed by atoms with Gasteiger partial charge in [0, 0.05) is 18.2 Å². The van der Waals surface area contributed by atoms with Crippen molar-refractivity contribution < 1.29 is 22.4 Å². The van der Waals surface area contributed by atoms with Crippen molar-refractivity contribution in [2.24, 2.45) is 0 Å². The highest BCUT2D eigenvalue weighted by molar-refractivity contribution is 7.85. The van der Waals surface area contributed by atoms with Gasteiger partial charge in [-0.3, -0.25) is 18.5 Å². The highest BCUT2D eigenvalue weighted by Crippen LogP contribution is 2.27. The van der Waals surface area contributed by atoms with E-state index in [0.717, 1.165) is 10.8 Å². The van der Waals surface area contributed by atoms with E-state index in [1.807, 2.05) is 0 Å². The van der Waals surface area contributed by atoms with Gasteiger partial charge in [0.25, 0.3) is 15.7 Å². The van der Waals surface area contributed by atoms with Crippen LogP contribution in [0.3, 0.4) is 0 Å². The number of H-pyrrole nitrogens is 1. The molecule has 0 aliphatic carbocycles. The minimum atomic E-state index is -3.64. The van der Waals surface area contributed by atoms with E-state index in [1.165, 1.54) is 13.1 Å². The standard InChI is InChI=1S/C11H16N2O7S/c1-6-4-13(11(16)12-10(6)15)9-3-7(14)8(20-9)5-19-21(2,17)18/h4,7-9,14H,3,5H2,1-2H3,(H,12,15,16)/t7?,8-,9-/m1/s1. The van der Waals surface area contributed by atoms with E-state index >= 15 is 0 Å². The maximum atomic E-state index is 11.7. The van der Waals surface area contributed by atoms with Crippen LogP contribution in [-0.4, -0.2) is 48.1 Å². The topological polar surface area (TPSA) is 128 Å². The van der Waals surface area contributed by atoms with Crippen LogP contribution in [0.4, 0.5) is 0 Å². The van der Waals surface area contributed by atoms with Gasteiger partial charge < -0.3 is 9.84 Å². The van der Waals surface area contributed by atoms with E-state index in [0.29, 0.717) is 5.56 Å². The molecule has 21 heavy (non-hydrogen) atoms. The molecular weight excluding hydrogens is 304 g/mol. The first kappa shape index (κ1) is 15.9. The van der Waals surface area contributed by atoms with Gasteiger partial charge in [-0.25, -0.2) is 4.79 Å². The second-order valence-electron chi connectivity index (χ2n) is 4.90. The molecule has 9 nitrogen and oxygen atoms in total. The number of hydrogen-bond acceptors (Lipinski definition) is 7. The molecule has 1 unspecified atom stereocenters. The smallest absolute Gasteiger partial charge is 0.330 e. The van der Waals surface area contributed by atoms with Gasteiger partial charge in [-0.1, -0.05) is 0 Å². The van der Waals surface area contributed by atoms with Crippen molar-refractivity contribution in [3.8, 4) is 0 Å². The molecule has 0 spiro atoms. The number of aliphatic hydroxyl groups is 1. The van der Waals surface area contributed by atoms with Gasteiger partial charge >= 0.3 is 5.69 Å². The average Bonchev–Trinajstić information content (AvgIpc) is 2.72.